The summed E-state index contributed by atoms with van der Waals surface area (Å²) in [7, 11) is -3.60. The lowest BCUT2D eigenvalue weighted by Crippen LogP contribution is -2.45. The molecule has 5 nitrogen and oxygen atoms in total. The number of benzene rings is 1. The zero-order valence-corrected chi connectivity index (χ0v) is 14.5. The van der Waals surface area contributed by atoms with E-state index in [-0.39, 0.29) is 4.90 Å². The lowest BCUT2D eigenvalue weighted by atomic mass is 10.0. The van der Waals surface area contributed by atoms with E-state index in [1.54, 1.807) is 12.1 Å². The van der Waals surface area contributed by atoms with Crippen LogP contribution in [0.15, 0.2) is 29.2 Å². The van der Waals surface area contributed by atoms with Gasteiger partial charge in [-0.15, -0.1) is 0 Å². The maximum Gasteiger partial charge on any atom is 0.238 e. The Bertz CT molecular complexity index is 599. The molecule has 0 spiro atoms. The van der Waals surface area contributed by atoms with E-state index in [0.29, 0.717) is 6.04 Å². The van der Waals surface area contributed by atoms with Gasteiger partial charge in [0, 0.05) is 24.8 Å². The molecule has 0 radical (unpaired) electrons. The number of anilines is 1. The SMILES string of the molecule is NS(=O)(=O)c1ccc(N2CCC(N3CCCCCC3)CC2)cc1. The Hall–Kier alpha value is -1.11. The lowest BCUT2D eigenvalue weighted by Gasteiger charge is -2.39. The highest BCUT2D eigenvalue weighted by Gasteiger charge is 2.25. The summed E-state index contributed by atoms with van der Waals surface area (Å²) < 4.78 is 22.7. The molecule has 2 heterocycles. The van der Waals surface area contributed by atoms with Crippen LogP contribution in [0, 0.1) is 0 Å². The van der Waals surface area contributed by atoms with Crippen LogP contribution in [0.1, 0.15) is 38.5 Å². The Labute approximate surface area is 139 Å². The van der Waals surface area contributed by atoms with Crippen molar-refractivity contribution < 1.29 is 8.42 Å². The van der Waals surface area contributed by atoms with Gasteiger partial charge in [0.2, 0.25) is 10.0 Å². The van der Waals surface area contributed by atoms with Crippen molar-refractivity contribution in [3.8, 4) is 0 Å². The summed E-state index contributed by atoms with van der Waals surface area (Å²) >= 11 is 0. The van der Waals surface area contributed by atoms with Crippen LogP contribution in [-0.4, -0.2) is 45.5 Å². The smallest absolute Gasteiger partial charge is 0.238 e. The van der Waals surface area contributed by atoms with Gasteiger partial charge < -0.3 is 9.80 Å². The van der Waals surface area contributed by atoms with Crippen molar-refractivity contribution in [2.45, 2.75) is 49.5 Å². The first-order valence-corrected chi connectivity index (χ1v) is 10.2. The molecule has 0 bridgehead atoms. The average Bonchev–Trinajstić information content (AvgIpc) is 2.84. The Morgan fingerprint density at radius 2 is 1.43 bits per heavy atom. The molecule has 2 aliphatic rings. The molecule has 0 aromatic heterocycles. The zero-order valence-electron chi connectivity index (χ0n) is 13.7. The number of nitrogens with zero attached hydrogens (tertiary/aromatic N) is 2. The fourth-order valence-corrected chi connectivity index (χ4v) is 4.31. The molecule has 0 saturated carbocycles. The molecule has 0 aliphatic carbocycles. The van der Waals surface area contributed by atoms with Gasteiger partial charge in [0.25, 0.3) is 0 Å². The normalized spacial score (nSPS) is 22.0. The number of rotatable bonds is 3. The first-order valence-electron chi connectivity index (χ1n) is 8.66. The second-order valence-corrected chi connectivity index (χ2v) is 8.27. The van der Waals surface area contributed by atoms with Gasteiger partial charge in [-0.3, -0.25) is 0 Å². The van der Waals surface area contributed by atoms with Crippen LogP contribution in [0.5, 0.6) is 0 Å². The molecular weight excluding hydrogens is 310 g/mol. The second-order valence-electron chi connectivity index (χ2n) is 6.71. The van der Waals surface area contributed by atoms with Gasteiger partial charge in [0.15, 0.2) is 0 Å². The molecule has 1 aromatic rings. The van der Waals surface area contributed by atoms with Crippen LogP contribution in [0.25, 0.3) is 0 Å². The number of likely N-dealkylation sites (tertiary alicyclic amines) is 1. The van der Waals surface area contributed by atoms with Crippen molar-refractivity contribution in [3.63, 3.8) is 0 Å². The quantitative estimate of drug-likeness (QED) is 0.918. The van der Waals surface area contributed by atoms with Crippen molar-refractivity contribution in [2.24, 2.45) is 5.14 Å². The van der Waals surface area contributed by atoms with E-state index in [0.717, 1.165) is 18.8 Å². The molecular formula is C17H27N3O2S. The molecule has 2 saturated heterocycles. The second kappa shape index (κ2) is 7.20. The highest BCUT2D eigenvalue weighted by atomic mass is 32.2. The summed E-state index contributed by atoms with van der Waals surface area (Å²) in [5.74, 6) is 0. The third-order valence-electron chi connectivity index (χ3n) is 5.15. The van der Waals surface area contributed by atoms with Crippen molar-refractivity contribution in [1.82, 2.24) is 4.90 Å². The van der Waals surface area contributed by atoms with Gasteiger partial charge in [-0.1, -0.05) is 12.8 Å². The first-order chi connectivity index (χ1) is 11.0. The Morgan fingerprint density at radius 3 is 1.96 bits per heavy atom. The van der Waals surface area contributed by atoms with Crippen LogP contribution < -0.4 is 10.0 Å². The fraction of sp³-hybridized carbons (Fsp3) is 0.647. The minimum atomic E-state index is -3.60. The third kappa shape index (κ3) is 4.25. The summed E-state index contributed by atoms with van der Waals surface area (Å²) in [5, 5.41) is 5.15. The van der Waals surface area contributed by atoms with Crippen molar-refractivity contribution in [2.75, 3.05) is 31.1 Å². The number of nitrogens with two attached hydrogens (primary N) is 1. The van der Waals surface area contributed by atoms with Crippen molar-refractivity contribution in [3.05, 3.63) is 24.3 Å². The molecule has 0 amide bonds. The van der Waals surface area contributed by atoms with Crippen molar-refractivity contribution in [1.29, 1.82) is 0 Å². The molecule has 128 valence electrons. The average molecular weight is 337 g/mol. The summed E-state index contributed by atoms with van der Waals surface area (Å²) in [6.45, 7) is 4.59. The molecule has 6 heteroatoms. The highest BCUT2D eigenvalue weighted by Crippen LogP contribution is 2.25. The van der Waals surface area contributed by atoms with E-state index in [4.69, 9.17) is 5.14 Å². The van der Waals surface area contributed by atoms with Crippen LogP contribution in [0.2, 0.25) is 0 Å². The number of sulfonamides is 1. The zero-order chi connectivity index (χ0) is 16.3. The molecule has 2 aliphatic heterocycles. The Morgan fingerprint density at radius 1 is 0.870 bits per heavy atom. The maximum atomic E-state index is 11.3. The van der Waals surface area contributed by atoms with Crippen LogP contribution in [0.3, 0.4) is 0 Å². The van der Waals surface area contributed by atoms with Crippen LogP contribution >= 0.6 is 0 Å². The van der Waals surface area contributed by atoms with E-state index in [1.165, 1.54) is 51.6 Å². The molecule has 1 aromatic carbocycles. The summed E-state index contributed by atoms with van der Waals surface area (Å²) in [6.07, 6.45) is 7.83. The predicted octanol–water partition coefficient (Wildman–Crippen LogP) is 2.18. The summed E-state index contributed by atoms with van der Waals surface area (Å²) in [4.78, 5) is 5.22. The first kappa shape index (κ1) is 16.7. The minimum Gasteiger partial charge on any atom is -0.371 e. The van der Waals surface area contributed by atoms with Gasteiger partial charge in [0.05, 0.1) is 4.90 Å². The molecule has 2 fully saturated rings. The van der Waals surface area contributed by atoms with E-state index >= 15 is 0 Å². The molecule has 2 N–H and O–H groups in total. The van der Waals surface area contributed by atoms with E-state index < -0.39 is 10.0 Å². The van der Waals surface area contributed by atoms with Gasteiger partial charge in [-0.25, -0.2) is 13.6 Å². The van der Waals surface area contributed by atoms with Gasteiger partial charge in [-0.2, -0.15) is 0 Å². The number of hydrogen-bond donors (Lipinski definition) is 1. The standard InChI is InChI=1S/C17H27N3O2S/c18-23(21,22)17-7-5-15(6-8-17)20-13-9-16(10-14-20)19-11-3-1-2-4-12-19/h5-8,16H,1-4,9-14H2,(H2,18,21,22). The highest BCUT2D eigenvalue weighted by molar-refractivity contribution is 7.89. The fourth-order valence-electron chi connectivity index (χ4n) is 3.80. The molecule has 0 unspecified atom stereocenters. The maximum absolute atomic E-state index is 11.3. The summed E-state index contributed by atoms with van der Waals surface area (Å²) in [5.41, 5.74) is 1.09. The largest absolute Gasteiger partial charge is 0.371 e. The molecule has 3 rings (SSSR count). The van der Waals surface area contributed by atoms with Gasteiger partial charge in [0.1, 0.15) is 0 Å². The molecule has 0 atom stereocenters. The Balaban J connectivity index is 1.58. The minimum absolute atomic E-state index is 0.181. The van der Waals surface area contributed by atoms with E-state index in [1.807, 2.05) is 12.1 Å². The van der Waals surface area contributed by atoms with Gasteiger partial charge in [-0.05, 0) is 63.0 Å². The lowest BCUT2D eigenvalue weighted by molar-refractivity contribution is 0.175. The van der Waals surface area contributed by atoms with Gasteiger partial charge >= 0.3 is 0 Å². The van der Waals surface area contributed by atoms with Crippen LogP contribution in [-0.2, 0) is 10.0 Å². The van der Waals surface area contributed by atoms with E-state index in [9.17, 15) is 8.42 Å². The third-order valence-corrected chi connectivity index (χ3v) is 6.08. The topological polar surface area (TPSA) is 66.6 Å². The predicted molar refractivity (Wildman–Crippen MR) is 93.1 cm³/mol. The van der Waals surface area contributed by atoms with E-state index in [2.05, 4.69) is 9.80 Å². The number of piperidine rings is 1. The monoisotopic (exact) mass is 337 g/mol. The van der Waals surface area contributed by atoms with Crippen molar-refractivity contribution >= 4 is 15.7 Å². The number of hydrogen-bond acceptors (Lipinski definition) is 4. The van der Waals surface area contributed by atoms with Crippen LogP contribution in [0.4, 0.5) is 5.69 Å². The Kier molecular flexibility index (Phi) is 5.24. The number of primary sulfonamides is 1. The summed E-state index contributed by atoms with van der Waals surface area (Å²) in [6, 6.07) is 7.66. The molecule has 23 heavy (non-hydrogen) atoms.